The number of benzene rings is 2. The summed E-state index contributed by atoms with van der Waals surface area (Å²) in [4.78, 5) is 18.0. The summed E-state index contributed by atoms with van der Waals surface area (Å²) < 4.78 is 18.4. The fraction of sp³-hybridized carbons (Fsp3) is 0.370. The summed E-state index contributed by atoms with van der Waals surface area (Å²) >= 11 is 6.24. The molecule has 0 radical (unpaired) electrons. The number of anilines is 2. The number of hydrogen-bond donors (Lipinski definition) is 2. The zero-order valence-electron chi connectivity index (χ0n) is 21.5. The van der Waals surface area contributed by atoms with E-state index in [0.717, 1.165) is 24.2 Å². The zero-order valence-corrected chi connectivity index (χ0v) is 22.3. The third-order valence-corrected chi connectivity index (χ3v) is 6.52. The van der Waals surface area contributed by atoms with Crippen molar-refractivity contribution in [3.63, 3.8) is 0 Å². The molecule has 1 amide bonds. The van der Waals surface area contributed by atoms with Crippen LogP contribution in [0, 0.1) is 0 Å². The summed E-state index contributed by atoms with van der Waals surface area (Å²) in [6.45, 7) is 4.71. The molecule has 2 N–H and O–H groups in total. The molecule has 3 aromatic rings. The SMILES string of the molecule is CCCCCCOc1ccc([C@@H]2C(C(=O)Nc3cc(OC)c(Cl)cc3OC)=C(C)Nc3ncnn32)cc1. The Morgan fingerprint density at radius 1 is 1.11 bits per heavy atom. The van der Waals surface area contributed by atoms with Crippen LogP contribution in [0.25, 0.3) is 0 Å². The Hall–Kier alpha value is -3.72. The van der Waals surface area contributed by atoms with Crippen LogP contribution in [0.3, 0.4) is 0 Å². The third-order valence-electron chi connectivity index (χ3n) is 6.22. The fourth-order valence-electron chi connectivity index (χ4n) is 4.31. The fourth-order valence-corrected chi connectivity index (χ4v) is 4.54. The number of carbonyl (C=O) groups excluding carboxylic acids is 1. The molecule has 9 nitrogen and oxygen atoms in total. The molecule has 4 rings (SSSR count). The number of ether oxygens (including phenoxy) is 3. The number of amides is 1. The summed E-state index contributed by atoms with van der Waals surface area (Å²) in [5, 5.41) is 10.9. The summed E-state index contributed by atoms with van der Waals surface area (Å²) in [7, 11) is 3.02. The Kier molecular flexibility index (Phi) is 8.55. The van der Waals surface area contributed by atoms with Crippen LogP contribution in [0.2, 0.25) is 5.02 Å². The van der Waals surface area contributed by atoms with Gasteiger partial charge in [0.05, 0.1) is 37.1 Å². The van der Waals surface area contributed by atoms with Gasteiger partial charge < -0.3 is 24.8 Å². The van der Waals surface area contributed by atoms with E-state index in [1.165, 1.54) is 33.4 Å². The monoisotopic (exact) mass is 525 g/mol. The van der Waals surface area contributed by atoms with Crippen molar-refractivity contribution in [1.82, 2.24) is 14.8 Å². The first kappa shape index (κ1) is 26.3. The number of hydrogen-bond acceptors (Lipinski definition) is 7. The van der Waals surface area contributed by atoms with Gasteiger partial charge in [0.1, 0.15) is 29.6 Å². The Labute approximate surface area is 221 Å². The first-order valence-electron chi connectivity index (χ1n) is 12.3. The van der Waals surface area contributed by atoms with Gasteiger partial charge >= 0.3 is 0 Å². The van der Waals surface area contributed by atoms with Crippen LogP contribution in [0.5, 0.6) is 17.2 Å². The Balaban J connectivity index is 1.61. The van der Waals surface area contributed by atoms with Gasteiger partial charge in [0.2, 0.25) is 5.95 Å². The summed E-state index contributed by atoms with van der Waals surface area (Å²) in [6, 6.07) is 10.5. The Morgan fingerprint density at radius 3 is 2.57 bits per heavy atom. The predicted octanol–water partition coefficient (Wildman–Crippen LogP) is 5.84. The molecule has 0 saturated carbocycles. The van der Waals surface area contributed by atoms with Crippen molar-refractivity contribution >= 4 is 29.1 Å². The number of aromatic nitrogens is 3. The average Bonchev–Trinajstić information content (AvgIpc) is 3.37. The largest absolute Gasteiger partial charge is 0.495 e. The zero-order chi connectivity index (χ0) is 26.4. The van der Waals surface area contributed by atoms with E-state index in [1.807, 2.05) is 31.2 Å². The van der Waals surface area contributed by atoms with E-state index in [2.05, 4.69) is 27.6 Å². The molecule has 0 bridgehead atoms. The molecule has 1 aliphatic heterocycles. The maximum atomic E-state index is 13.7. The lowest BCUT2D eigenvalue weighted by Gasteiger charge is -2.29. The van der Waals surface area contributed by atoms with Crippen molar-refractivity contribution in [3.05, 3.63) is 64.6 Å². The third kappa shape index (κ3) is 5.83. The topological polar surface area (TPSA) is 99.5 Å². The minimum Gasteiger partial charge on any atom is -0.495 e. The first-order chi connectivity index (χ1) is 18.0. The van der Waals surface area contributed by atoms with Gasteiger partial charge in [-0.1, -0.05) is 49.9 Å². The first-order valence-corrected chi connectivity index (χ1v) is 12.7. The number of carbonyl (C=O) groups is 1. The van der Waals surface area contributed by atoms with Crippen molar-refractivity contribution in [2.24, 2.45) is 0 Å². The highest BCUT2D eigenvalue weighted by Crippen LogP contribution is 2.39. The number of allylic oxidation sites excluding steroid dienone is 1. The molecule has 0 fully saturated rings. The second-order valence-corrected chi connectivity index (χ2v) is 9.12. The summed E-state index contributed by atoms with van der Waals surface area (Å²) in [6.07, 6.45) is 6.05. The van der Waals surface area contributed by atoms with Crippen LogP contribution in [0.1, 0.15) is 51.1 Å². The quantitative estimate of drug-likeness (QED) is 0.303. The van der Waals surface area contributed by atoms with E-state index >= 15 is 0 Å². The van der Waals surface area contributed by atoms with Crippen LogP contribution in [-0.2, 0) is 4.79 Å². The van der Waals surface area contributed by atoms with E-state index in [9.17, 15) is 4.79 Å². The van der Waals surface area contributed by atoms with Crippen LogP contribution in [0.15, 0.2) is 54.0 Å². The average molecular weight is 526 g/mol. The van der Waals surface area contributed by atoms with Gasteiger partial charge in [0.15, 0.2) is 0 Å². The van der Waals surface area contributed by atoms with Crippen LogP contribution < -0.4 is 24.8 Å². The molecule has 0 aliphatic carbocycles. The number of methoxy groups -OCH3 is 2. The number of nitrogens with one attached hydrogen (secondary N) is 2. The molecule has 1 aliphatic rings. The van der Waals surface area contributed by atoms with E-state index in [0.29, 0.717) is 46.0 Å². The number of unbranched alkanes of at least 4 members (excludes halogenated alkanes) is 3. The van der Waals surface area contributed by atoms with Crippen LogP contribution >= 0.6 is 11.6 Å². The van der Waals surface area contributed by atoms with E-state index < -0.39 is 6.04 Å². The van der Waals surface area contributed by atoms with Crippen molar-refractivity contribution in [1.29, 1.82) is 0 Å². The van der Waals surface area contributed by atoms with Crippen molar-refractivity contribution in [2.75, 3.05) is 31.5 Å². The number of halogens is 1. The highest BCUT2D eigenvalue weighted by Gasteiger charge is 2.34. The molecule has 2 heterocycles. The second-order valence-electron chi connectivity index (χ2n) is 8.71. The molecule has 0 spiro atoms. The van der Waals surface area contributed by atoms with Crippen molar-refractivity contribution in [2.45, 2.75) is 45.6 Å². The minimum absolute atomic E-state index is 0.324. The molecule has 0 unspecified atom stereocenters. The van der Waals surface area contributed by atoms with Crippen molar-refractivity contribution in [3.8, 4) is 17.2 Å². The number of rotatable bonds is 11. The number of fused-ring (bicyclic) bond motifs is 1. The normalized spacial score (nSPS) is 14.6. The molecule has 37 heavy (non-hydrogen) atoms. The molecular formula is C27H32ClN5O4. The number of nitrogens with zero attached hydrogens (tertiary/aromatic N) is 3. The van der Waals surface area contributed by atoms with E-state index in [-0.39, 0.29) is 5.91 Å². The van der Waals surface area contributed by atoms with Gasteiger partial charge in [0.25, 0.3) is 5.91 Å². The molecule has 0 saturated heterocycles. The lowest BCUT2D eigenvalue weighted by atomic mass is 9.95. The smallest absolute Gasteiger partial charge is 0.255 e. The Bertz CT molecular complexity index is 1270. The van der Waals surface area contributed by atoms with E-state index in [4.69, 9.17) is 25.8 Å². The standard InChI is InChI=1S/C27H32ClN5O4/c1-5-6-7-8-13-37-19-11-9-18(10-12-19)25-24(17(2)31-27-29-16-30-33(25)27)26(34)32-21-15-22(35-3)20(28)14-23(21)36-4/h9-12,14-16,25H,5-8,13H2,1-4H3,(H,32,34)(H,29,30,31)/t25-/m1/s1. The highest BCUT2D eigenvalue weighted by molar-refractivity contribution is 6.32. The van der Waals surface area contributed by atoms with Gasteiger partial charge in [-0.15, -0.1) is 0 Å². The van der Waals surface area contributed by atoms with Crippen LogP contribution in [-0.4, -0.2) is 41.5 Å². The van der Waals surface area contributed by atoms with Crippen LogP contribution in [0.4, 0.5) is 11.6 Å². The molecule has 1 atom stereocenters. The van der Waals surface area contributed by atoms with Gasteiger partial charge in [0, 0.05) is 17.8 Å². The van der Waals surface area contributed by atoms with Gasteiger partial charge in [-0.25, -0.2) is 4.68 Å². The second kappa shape index (κ2) is 12.0. The van der Waals surface area contributed by atoms with Crippen molar-refractivity contribution < 1.29 is 19.0 Å². The van der Waals surface area contributed by atoms with Gasteiger partial charge in [-0.3, -0.25) is 4.79 Å². The van der Waals surface area contributed by atoms with E-state index in [1.54, 1.807) is 16.8 Å². The molecule has 196 valence electrons. The summed E-state index contributed by atoms with van der Waals surface area (Å²) in [5.74, 6) is 1.86. The molecule has 10 heteroatoms. The summed E-state index contributed by atoms with van der Waals surface area (Å²) in [5.41, 5.74) is 2.46. The highest BCUT2D eigenvalue weighted by atomic mass is 35.5. The minimum atomic E-state index is -0.502. The maximum absolute atomic E-state index is 13.7. The van der Waals surface area contributed by atoms with Gasteiger partial charge in [-0.2, -0.15) is 10.1 Å². The predicted molar refractivity (Wildman–Crippen MR) is 144 cm³/mol. The maximum Gasteiger partial charge on any atom is 0.255 e. The molecule has 1 aromatic heterocycles. The Morgan fingerprint density at radius 2 is 1.86 bits per heavy atom. The lowest BCUT2D eigenvalue weighted by molar-refractivity contribution is -0.113. The molecular weight excluding hydrogens is 494 g/mol. The molecule has 2 aromatic carbocycles. The van der Waals surface area contributed by atoms with Gasteiger partial charge in [-0.05, 0) is 31.0 Å². The lowest BCUT2D eigenvalue weighted by Crippen LogP contribution is -2.31.